The summed E-state index contributed by atoms with van der Waals surface area (Å²) in [7, 11) is 0. The number of hydrogen-bond donors (Lipinski definition) is 3. The van der Waals surface area contributed by atoms with Crippen molar-refractivity contribution in [3.8, 4) is 0 Å². The van der Waals surface area contributed by atoms with E-state index in [4.69, 9.17) is 11.5 Å². The molecule has 0 aliphatic carbocycles. The van der Waals surface area contributed by atoms with Crippen LogP contribution in [0, 0.1) is 6.92 Å². The van der Waals surface area contributed by atoms with Crippen LogP contribution in [0.2, 0.25) is 0 Å². The molecule has 0 fully saturated rings. The van der Waals surface area contributed by atoms with Crippen LogP contribution >= 0.6 is 0 Å². The van der Waals surface area contributed by atoms with E-state index >= 15 is 0 Å². The van der Waals surface area contributed by atoms with Crippen LogP contribution < -0.4 is 16.8 Å². The van der Waals surface area contributed by atoms with Crippen molar-refractivity contribution in [2.45, 2.75) is 13.3 Å². The van der Waals surface area contributed by atoms with E-state index in [1.54, 1.807) is 36.4 Å². The molecule has 0 saturated carbocycles. The van der Waals surface area contributed by atoms with Gasteiger partial charge in [-0.3, -0.25) is 9.59 Å². The molecule has 0 saturated heterocycles. The fourth-order valence-corrected chi connectivity index (χ4v) is 2.04. The van der Waals surface area contributed by atoms with Crippen molar-refractivity contribution >= 4 is 23.2 Å². The number of rotatable bonds is 4. The van der Waals surface area contributed by atoms with E-state index in [2.05, 4.69) is 5.32 Å². The molecule has 0 atom stereocenters. The first kappa shape index (κ1) is 14.6. The quantitative estimate of drug-likeness (QED) is 0.747. The van der Waals surface area contributed by atoms with Gasteiger partial charge < -0.3 is 16.8 Å². The number of primary amides is 1. The van der Waals surface area contributed by atoms with Crippen LogP contribution in [0.3, 0.4) is 0 Å². The number of benzene rings is 2. The van der Waals surface area contributed by atoms with E-state index < -0.39 is 5.91 Å². The maximum Gasteiger partial charge on any atom is 0.257 e. The largest absolute Gasteiger partial charge is 0.398 e. The first-order valence-corrected chi connectivity index (χ1v) is 6.51. The standard InChI is InChI=1S/C16H17N3O2/c1-10-6-7-13(17)12(8-10)16(21)19-14-5-3-2-4-11(14)9-15(18)20/h2-8H,9,17H2,1H3,(H2,18,20)(H,19,21). The first-order valence-electron chi connectivity index (χ1n) is 6.51. The molecular weight excluding hydrogens is 266 g/mol. The average molecular weight is 283 g/mol. The third-order valence-electron chi connectivity index (χ3n) is 3.08. The highest BCUT2D eigenvalue weighted by atomic mass is 16.2. The van der Waals surface area contributed by atoms with E-state index in [-0.39, 0.29) is 12.3 Å². The van der Waals surface area contributed by atoms with Gasteiger partial charge in [0.1, 0.15) is 0 Å². The number of nitrogens with two attached hydrogens (primary N) is 2. The van der Waals surface area contributed by atoms with Crippen molar-refractivity contribution < 1.29 is 9.59 Å². The monoisotopic (exact) mass is 283 g/mol. The lowest BCUT2D eigenvalue weighted by molar-refractivity contribution is -0.117. The Bertz CT molecular complexity index is 696. The smallest absolute Gasteiger partial charge is 0.257 e. The molecule has 21 heavy (non-hydrogen) atoms. The molecule has 0 unspecified atom stereocenters. The summed E-state index contributed by atoms with van der Waals surface area (Å²) in [5.41, 5.74) is 14.0. The Morgan fingerprint density at radius 3 is 2.57 bits per heavy atom. The summed E-state index contributed by atoms with van der Waals surface area (Å²) >= 11 is 0. The van der Waals surface area contributed by atoms with Gasteiger partial charge in [0.15, 0.2) is 0 Å². The Balaban J connectivity index is 2.27. The maximum absolute atomic E-state index is 12.3. The highest BCUT2D eigenvalue weighted by Gasteiger charge is 2.12. The molecule has 0 bridgehead atoms. The number of carbonyl (C=O) groups excluding carboxylic acids is 2. The van der Waals surface area contributed by atoms with E-state index in [1.165, 1.54) is 0 Å². The fourth-order valence-electron chi connectivity index (χ4n) is 2.04. The first-order chi connectivity index (χ1) is 9.97. The van der Waals surface area contributed by atoms with Gasteiger partial charge in [0.25, 0.3) is 5.91 Å². The molecule has 0 aliphatic rings. The zero-order chi connectivity index (χ0) is 15.4. The Morgan fingerprint density at radius 2 is 1.86 bits per heavy atom. The Morgan fingerprint density at radius 1 is 1.14 bits per heavy atom. The fraction of sp³-hybridized carbons (Fsp3) is 0.125. The van der Waals surface area contributed by atoms with Crippen molar-refractivity contribution in [3.63, 3.8) is 0 Å². The molecule has 0 aliphatic heterocycles. The van der Waals surface area contributed by atoms with Crippen LogP contribution in [0.15, 0.2) is 42.5 Å². The second-order valence-corrected chi connectivity index (χ2v) is 4.85. The molecule has 2 rings (SSSR count). The third-order valence-corrected chi connectivity index (χ3v) is 3.08. The van der Waals surface area contributed by atoms with Crippen LogP contribution in [-0.2, 0) is 11.2 Å². The number of aryl methyl sites for hydroxylation is 1. The molecule has 2 aromatic rings. The van der Waals surface area contributed by atoms with Gasteiger partial charge in [0, 0.05) is 11.4 Å². The predicted octanol–water partition coefficient (Wildman–Crippen LogP) is 1.86. The van der Waals surface area contributed by atoms with Crippen LogP contribution in [0.5, 0.6) is 0 Å². The van der Waals surface area contributed by atoms with Crippen LogP contribution in [-0.4, -0.2) is 11.8 Å². The molecule has 2 amide bonds. The van der Waals surface area contributed by atoms with Crippen molar-refractivity contribution in [2.75, 3.05) is 11.1 Å². The molecule has 108 valence electrons. The van der Waals surface area contributed by atoms with Gasteiger partial charge in [-0.05, 0) is 30.7 Å². The predicted molar refractivity (Wildman–Crippen MR) is 82.9 cm³/mol. The summed E-state index contributed by atoms with van der Waals surface area (Å²) in [6.45, 7) is 1.89. The van der Waals surface area contributed by atoms with Gasteiger partial charge >= 0.3 is 0 Å². The summed E-state index contributed by atoms with van der Waals surface area (Å²) in [5.74, 6) is -0.764. The van der Waals surface area contributed by atoms with Gasteiger partial charge in [-0.25, -0.2) is 0 Å². The molecule has 0 radical (unpaired) electrons. The number of anilines is 2. The third kappa shape index (κ3) is 3.60. The number of amides is 2. The van der Waals surface area contributed by atoms with Gasteiger partial charge in [-0.2, -0.15) is 0 Å². The number of carbonyl (C=O) groups is 2. The molecule has 5 N–H and O–H groups in total. The van der Waals surface area contributed by atoms with Gasteiger partial charge in [-0.15, -0.1) is 0 Å². The molecule has 5 nitrogen and oxygen atoms in total. The van der Waals surface area contributed by atoms with Crippen molar-refractivity contribution in [3.05, 3.63) is 59.2 Å². The zero-order valence-corrected chi connectivity index (χ0v) is 11.7. The lowest BCUT2D eigenvalue weighted by Crippen LogP contribution is -2.18. The summed E-state index contributed by atoms with van der Waals surface area (Å²) in [4.78, 5) is 23.4. The number of para-hydroxylation sites is 1. The van der Waals surface area contributed by atoms with E-state index in [1.807, 2.05) is 13.0 Å². The lowest BCUT2D eigenvalue weighted by atomic mass is 10.1. The molecule has 2 aromatic carbocycles. The molecular formula is C16H17N3O2. The number of hydrogen-bond acceptors (Lipinski definition) is 3. The van der Waals surface area contributed by atoms with Crippen LogP contribution in [0.4, 0.5) is 11.4 Å². The SMILES string of the molecule is Cc1ccc(N)c(C(=O)Nc2ccccc2CC(N)=O)c1. The highest BCUT2D eigenvalue weighted by molar-refractivity contribution is 6.08. The normalized spacial score (nSPS) is 10.1. The average Bonchev–Trinajstić information content (AvgIpc) is 2.43. The van der Waals surface area contributed by atoms with Gasteiger partial charge in [0.2, 0.25) is 5.91 Å². The Hall–Kier alpha value is -2.82. The Kier molecular flexibility index (Phi) is 4.23. The van der Waals surface area contributed by atoms with Crippen LogP contribution in [0.25, 0.3) is 0 Å². The highest BCUT2D eigenvalue weighted by Crippen LogP contribution is 2.19. The summed E-state index contributed by atoms with van der Waals surface area (Å²) in [6, 6.07) is 12.3. The van der Waals surface area contributed by atoms with Crippen molar-refractivity contribution in [1.29, 1.82) is 0 Å². The summed E-state index contributed by atoms with van der Waals surface area (Å²) < 4.78 is 0. The summed E-state index contributed by atoms with van der Waals surface area (Å²) in [5, 5.41) is 2.77. The van der Waals surface area contributed by atoms with Gasteiger partial charge in [0.05, 0.1) is 12.0 Å². The second-order valence-electron chi connectivity index (χ2n) is 4.85. The Labute approximate surface area is 123 Å². The second kappa shape index (κ2) is 6.09. The molecule has 5 heteroatoms. The molecule has 0 heterocycles. The van der Waals surface area contributed by atoms with Crippen LogP contribution in [0.1, 0.15) is 21.5 Å². The summed E-state index contributed by atoms with van der Waals surface area (Å²) in [6.07, 6.45) is 0.0692. The molecule has 0 aromatic heterocycles. The topological polar surface area (TPSA) is 98.2 Å². The minimum Gasteiger partial charge on any atom is -0.398 e. The maximum atomic E-state index is 12.3. The lowest BCUT2D eigenvalue weighted by Gasteiger charge is -2.11. The van der Waals surface area contributed by atoms with E-state index in [0.29, 0.717) is 22.5 Å². The number of nitrogen functional groups attached to an aromatic ring is 1. The number of nitrogens with one attached hydrogen (secondary N) is 1. The van der Waals surface area contributed by atoms with Gasteiger partial charge in [-0.1, -0.05) is 29.8 Å². The van der Waals surface area contributed by atoms with E-state index in [9.17, 15) is 9.59 Å². The van der Waals surface area contributed by atoms with Crippen molar-refractivity contribution in [1.82, 2.24) is 0 Å². The minimum absolute atomic E-state index is 0.0692. The minimum atomic E-state index is -0.452. The molecule has 0 spiro atoms. The van der Waals surface area contributed by atoms with E-state index in [0.717, 1.165) is 5.56 Å². The zero-order valence-electron chi connectivity index (χ0n) is 11.7. The van der Waals surface area contributed by atoms with Crippen molar-refractivity contribution in [2.24, 2.45) is 5.73 Å².